The van der Waals surface area contributed by atoms with Gasteiger partial charge in [-0.1, -0.05) is 15.9 Å². The maximum absolute atomic E-state index is 13.7. The van der Waals surface area contributed by atoms with Gasteiger partial charge >= 0.3 is 0 Å². The van der Waals surface area contributed by atoms with Crippen molar-refractivity contribution in [2.45, 2.75) is 32.4 Å². The van der Waals surface area contributed by atoms with Gasteiger partial charge in [-0.05, 0) is 57.5 Å². The Bertz CT molecular complexity index is 415. The van der Waals surface area contributed by atoms with Crippen molar-refractivity contribution in [3.8, 4) is 5.75 Å². The van der Waals surface area contributed by atoms with Crippen LogP contribution >= 0.6 is 15.9 Å². The van der Waals surface area contributed by atoms with E-state index in [4.69, 9.17) is 4.74 Å². The summed E-state index contributed by atoms with van der Waals surface area (Å²) in [6.07, 6.45) is 2.30. The minimum Gasteiger partial charge on any atom is -0.493 e. The average molecular weight is 344 g/mol. The molecule has 20 heavy (non-hydrogen) atoms. The molecular formula is C16H23BrFNO. The minimum absolute atomic E-state index is 0.495. The smallest absolute Gasteiger partial charge is 0.119 e. The Morgan fingerprint density at radius 1 is 1.35 bits per heavy atom. The fourth-order valence-corrected chi connectivity index (χ4v) is 2.97. The van der Waals surface area contributed by atoms with Crippen LogP contribution < -0.4 is 4.74 Å². The van der Waals surface area contributed by atoms with Crippen molar-refractivity contribution in [3.05, 3.63) is 28.7 Å². The summed E-state index contributed by atoms with van der Waals surface area (Å²) in [7, 11) is 0. The van der Waals surface area contributed by atoms with Gasteiger partial charge in [0.15, 0.2) is 0 Å². The van der Waals surface area contributed by atoms with Gasteiger partial charge in [0.05, 0.1) is 6.61 Å². The van der Waals surface area contributed by atoms with Crippen LogP contribution in [-0.2, 0) is 0 Å². The van der Waals surface area contributed by atoms with Crippen LogP contribution in [0.25, 0.3) is 0 Å². The molecule has 1 aromatic carbocycles. The number of hydrogen-bond donors (Lipinski definition) is 0. The lowest BCUT2D eigenvalue weighted by Gasteiger charge is -2.35. The number of benzene rings is 1. The first-order valence-corrected chi connectivity index (χ1v) is 8.01. The second-order valence-corrected chi connectivity index (χ2v) is 7.14. The van der Waals surface area contributed by atoms with Crippen molar-refractivity contribution in [2.24, 2.45) is 5.92 Å². The number of nitrogens with zero attached hydrogens (tertiary/aromatic N) is 1. The third-order valence-electron chi connectivity index (χ3n) is 3.50. The molecule has 0 aromatic heterocycles. The van der Waals surface area contributed by atoms with Crippen molar-refractivity contribution in [1.29, 1.82) is 0 Å². The Morgan fingerprint density at radius 2 is 2.05 bits per heavy atom. The summed E-state index contributed by atoms with van der Waals surface area (Å²) in [5.41, 5.74) is -1.12. The molecule has 0 spiro atoms. The van der Waals surface area contributed by atoms with Crippen LogP contribution in [0.2, 0.25) is 0 Å². The molecule has 1 saturated heterocycles. The summed E-state index contributed by atoms with van der Waals surface area (Å²) >= 11 is 3.41. The van der Waals surface area contributed by atoms with Gasteiger partial charge < -0.3 is 4.74 Å². The minimum atomic E-state index is -1.12. The highest BCUT2D eigenvalue weighted by atomic mass is 79.9. The molecule has 112 valence electrons. The van der Waals surface area contributed by atoms with E-state index in [1.165, 1.54) is 6.42 Å². The van der Waals surface area contributed by atoms with Crippen molar-refractivity contribution in [2.75, 3.05) is 26.2 Å². The van der Waals surface area contributed by atoms with Crippen LogP contribution in [0.3, 0.4) is 0 Å². The molecule has 0 bridgehead atoms. The highest BCUT2D eigenvalue weighted by Gasteiger charge is 2.26. The molecule has 0 saturated carbocycles. The average Bonchev–Trinajstić information content (AvgIpc) is 2.36. The van der Waals surface area contributed by atoms with Crippen LogP contribution in [0.15, 0.2) is 28.7 Å². The summed E-state index contributed by atoms with van der Waals surface area (Å²) in [6, 6.07) is 7.90. The number of hydrogen-bond acceptors (Lipinski definition) is 2. The van der Waals surface area contributed by atoms with E-state index in [0.717, 1.165) is 29.7 Å². The van der Waals surface area contributed by atoms with Gasteiger partial charge in [0.1, 0.15) is 11.4 Å². The molecule has 1 aliphatic heterocycles. The molecule has 1 heterocycles. The third-order valence-corrected chi connectivity index (χ3v) is 4.03. The predicted octanol–water partition coefficient (Wildman–Crippen LogP) is 4.29. The first kappa shape index (κ1) is 15.8. The lowest BCUT2D eigenvalue weighted by Crippen LogP contribution is -2.43. The topological polar surface area (TPSA) is 12.5 Å². The number of alkyl halides is 1. The molecule has 0 amide bonds. The van der Waals surface area contributed by atoms with Gasteiger partial charge in [0, 0.05) is 23.5 Å². The Hall–Kier alpha value is -0.610. The second-order valence-electron chi connectivity index (χ2n) is 6.23. The van der Waals surface area contributed by atoms with Crippen LogP contribution in [-0.4, -0.2) is 36.8 Å². The largest absolute Gasteiger partial charge is 0.493 e. The van der Waals surface area contributed by atoms with Gasteiger partial charge in [-0.3, -0.25) is 4.90 Å². The van der Waals surface area contributed by atoms with E-state index >= 15 is 0 Å². The molecule has 1 aliphatic rings. The van der Waals surface area contributed by atoms with E-state index in [-0.39, 0.29) is 0 Å². The van der Waals surface area contributed by atoms with E-state index in [9.17, 15) is 4.39 Å². The SMILES string of the molecule is CC(C)(F)CN1CCCC(COc2ccc(Br)cc2)C1. The van der Waals surface area contributed by atoms with Crippen LogP contribution in [0.1, 0.15) is 26.7 Å². The molecule has 4 heteroatoms. The molecule has 1 aromatic rings. The first-order chi connectivity index (χ1) is 9.42. The fourth-order valence-electron chi connectivity index (χ4n) is 2.71. The summed E-state index contributed by atoms with van der Waals surface area (Å²) in [5.74, 6) is 1.39. The maximum Gasteiger partial charge on any atom is 0.119 e. The molecule has 1 fully saturated rings. The molecular weight excluding hydrogens is 321 g/mol. The Balaban J connectivity index is 1.79. The van der Waals surface area contributed by atoms with E-state index in [0.29, 0.717) is 19.1 Å². The van der Waals surface area contributed by atoms with E-state index in [1.54, 1.807) is 13.8 Å². The Morgan fingerprint density at radius 3 is 2.70 bits per heavy atom. The van der Waals surface area contributed by atoms with E-state index < -0.39 is 5.67 Å². The number of likely N-dealkylation sites (tertiary alicyclic amines) is 1. The van der Waals surface area contributed by atoms with Crippen molar-refractivity contribution >= 4 is 15.9 Å². The lowest BCUT2D eigenvalue weighted by molar-refractivity contribution is 0.0748. The van der Waals surface area contributed by atoms with Gasteiger partial charge in [-0.2, -0.15) is 0 Å². The normalized spacial score (nSPS) is 20.9. The number of rotatable bonds is 5. The van der Waals surface area contributed by atoms with E-state index in [2.05, 4.69) is 20.8 Å². The summed E-state index contributed by atoms with van der Waals surface area (Å²) in [6.45, 7) is 6.46. The highest BCUT2D eigenvalue weighted by molar-refractivity contribution is 9.10. The molecule has 0 N–H and O–H groups in total. The number of piperidine rings is 1. The molecule has 0 aliphatic carbocycles. The third kappa shape index (κ3) is 5.41. The maximum atomic E-state index is 13.7. The van der Waals surface area contributed by atoms with Crippen molar-refractivity contribution in [3.63, 3.8) is 0 Å². The monoisotopic (exact) mass is 343 g/mol. The lowest BCUT2D eigenvalue weighted by atomic mass is 9.97. The zero-order valence-corrected chi connectivity index (χ0v) is 13.8. The highest BCUT2D eigenvalue weighted by Crippen LogP contribution is 2.22. The van der Waals surface area contributed by atoms with Crippen molar-refractivity contribution < 1.29 is 9.13 Å². The quantitative estimate of drug-likeness (QED) is 0.790. The molecule has 1 atom stereocenters. The fraction of sp³-hybridized carbons (Fsp3) is 0.625. The Kier molecular flexibility index (Phi) is 5.44. The van der Waals surface area contributed by atoms with Gasteiger partial charge in [-0.15, -0.1) is 0 Å². The zero-order chi connectivity index (χ0) is 14.6. The molecule has 2 nitrogen and oxygen atoms in total. The van der Waals surface area contributed by atoms with Gasteiger partial charge in [0.25, 0.3) is 0 Å². The molecule has 1 unspecified atom stereocenters. The number of ether oxygens (including phenoxy) is 1. The summed E-state index contributed by atoms with van der Waals surface area (Å²) < 4.78 is 20.6. The Labute approximate surface area is 129 Å². The zero-order valence-electron chi connectivity index (χ0n) is 12.2. The molecule has 0 radical (unpaired) electrons. The van der Waals surface area contributed by atoms with Gasteiger partial charge in [0.2, 0.25) is 0 Å². The standard InChI is InChI=1S/C16H23BrFNO/c1-16(2,18)12-19-9-3-4-13(10-19)11-20-15-7-5-14(17)6-8-15/h5-8,13H,3-4,9-12H2,1-2H3. The first-order valence-electron chi connectivity index (χ1n) is 7.22. The van der Waals surface area contributed by atoms with Crippen LogP contribution in [0.4, 0.5) is 4.39 Å². The summed E-state index contributed by atoms with van der Waals surface area (Å²) in [4.78, 5) is 2.22. The number of halogens is 2. The van der Waals surface area contributed by atoms with Gasteiger partial charge in [-0.25, -0.2) is 4.39 Å². The predicted molar refractivity (Wildman–Crippen MR) is 84.0 cm³/mol. The van der Waals surface area contributed by atoms with Crippen LogP contribution in [0, 0.1) is 5.92 Å². The molecule has 2 rings (SSSR count). The van der Waals surface area contributed by atoms with E-state index in [1.807, 2.05) is 24.3 Å². The second kappa shape index (κ2) is 6.90. The summed E-state index contributed by atoms with van der Waals surface area (Å²) in [5, 5.41) is 0. The van der Waals surface area contributed by atoms with Crippen LogP contribution in [0.5, 0.6) is 5.75 Å². The van der Waals surface area contributed by atoms with Crippen molar-refractivity contribution in [1.82, 2.24) is 4.90 Å².